The second kappa shape index (κ2) is 9.30. The smallest absolute Gasteiger partial charge is 0.279 e. The van der Waals surface area contributed by atoms with E-state index in [1.807, 2.05) is 26.0 Å². The predicted molar refractivity (Wildman–Crippen MR) is 129 cm³/mol. The van der Waals surface area contributed by atoms with Crippen LogP contribution in [-0.2, 0) is 6.54 Å². The lowest BCUT2D eigenvalue weighted by Crippen LogP contribution is -2.30. The number of carbonyl (C=O) groups excluding carboxylic acids is 1. The summed E-state index contributed by atoms with van der Waals surface area (Å²) in [5.74, 6) is -0.721. The van der Waals surface area contributed by atoms with Gasteiger partial charge in [-0.15, -0.1) is 0 Å². The monoisotopic (exact) mass is 470 g/mol. The van der Waals surface area contributed by atoms with E-state index < -0.39 is 10.8 Å². The minimum absolute atomic E-state index is 0.0385. The molecule has 1 aromatic carbocycles. The number of carbonyl (C=O) groups is 1. The van der Waals surface area contributed by atoms with Crippen LogP contribution in [0.3, 0.4) is 0 Å². The molecule has 0 aliphatic rings. The first-order valence-corrected chi connectivity index (χ1v) is 11.1. The van der Waals surface area contributed by atoms with E-state index in [9.17, 15) is 25.0 Å². The summed E-state index contributed by atoms with van der Waals surface area (Å²) in [7, 11) is 0. The minimum Gasteiger partial charge on any atom is -0.309 e. The van der Waals surface area contributed by atoms with E-state index in [0.717, 1.165) is 12.0 Å². The van der Waals surface area contributed by atoms with E-state index in [-0.39, 0.29) is 38.8 Å². The highest BCUT2D eigenvalue weighted by atomic mass is 16.6. The van der Waals surface area contributed by atoms with Gasteiger partial charge < -0.3 is 4.57 Å². The van der Waals surface area contributed by atoms with Crippen LogP contribution in [0.15, 0.2) is 52.4 Å². The molecular weight excluding hydrogens is 448 g/mol. The van der Waals surface area contributed by atoms with Crippen molar-refractivity contribution in [2.75, 3.05) is 0 Å². The maximum Gasteiger partial charge on any atom is 0.279 e. The van der Waals surface area contributed by atoms with Crippen molar-refractivity contribution in [2.45, 2.75) is 40.2 Å². The number of nitro groups is 1. The SMILES string of the molecule is CCCCn1c(=NC(=O)c2cccc([N+](=O)[O-])c2C)c(C#N)cc2c(=O)n3cccc(C)c3nc21. The van der Waals surface area contributed by atoms with E-state index in [1.165, 1.54) is 35.6 Å². The molecule has 176 valence electrons. The van der Waals surface area contributed by atoms with E-state index in [1.54, 1.807) is 16.8 Å². The van der Waals surface area contributed by atoms with E-state index in [4.69, 9.17) is 4.98 Å². The Labute approximate surface area is 199 Å². The third-order valence-electron chi connectivity index (χ3n) is 5.90. The zero-order valence-electron chi connectivity index (χ0n) is 19.5. The number of benzene rings is 1. The number of unbranched alkanes of at least 4 members (excludes halogenated alkanes) is 1. The second-order valence-corrected chi connectivity index (χ2v) is 8.16. The lowest BCUT2D eigenvalue weighted by molar-refractivity contribution is -0.385. The summed E-state index contributed by atoms with van der Waals surface area (Å²) >= 11 is 0. The van der Waals surface area contributed by atoms with Crippen molar-refractivity contribution in [3.63, 3.8) is 0 Å². The fraction of sp³-hybridized carbons (Fsp3) is 0.240. The maximum atomic E-state index is 13.3. The number of nitriles is 1. The molecule has 0 radical (unpaired) electrons. The molecular formula is C25H22N6O4. The Morgan fingerprint density at radius 2 is 2.00 bits per heavy atom. The van der Waals surface area contributed by atoms with Gasteiger partial charge in [0.2, 0.25) is 0 Å². The maximum absolute atomic E-state index is 13.3. The Bertz CT molecular complexity index is 1690. The van der Waals surface area contributed by atoms with Crippen molar-refractivity contribution >= 4 is 28.3 Å². The Morgan fingerprint density at radius 1 is 1.23 bits per heavy atom. The van der Waals surface area contributed by atoms with E-state index >= 15 is 0 Å². The van der Waals surface area contributed by atoms with Crippen LogP contribution in [0.5, 0.6) is 0 Å². The van der Waals surface area contributed by atoms with Gasteiger partial charge in [0.1, 0.15) is 17.4 Å². The second-order valence-electron chi connectivity index (χ2n) is 8.16. The molecule has 10 nitrogen and oxygen atoms in total. The Balaban J connectivity index is 2.09. The van der Waals surface area contributed by atoms with Crippen LogP contribution in [-0.4, -0.2) is 24.8 Å². The third-order valence-corrected chi connectivity index (χ3v) is 5.90. The molecule has 0 atom stereocenters. The first-order valence-electron chi connectivity index (χ1n) is 11.1. The Kier molecular flexibility index (Phi) is 6.25. The van der Waals surface area contributed by atoms with Crippen molar-refractivity contribution in [3.05, 3.63) is 90.8 Å². The van der Waals surface area contributed by atoms with Crippen molar-refractivity contribution in [3.8, 4) is 6.07 Å². The van der Waals surface area contributed by atoms with Gasteiger partial charge in [-0.3, -0.25) is 24.1 Å². The summed E-state index contributed by atoms with van der Waals surface area (Å²) in [5, 5.41) is 21.4. The van der Waals surface area contributed by atoms with Gasteiger partial charge in [-0.25, -0.2) is 4.98 Å². The van der Waals surface area contributed by atoms with E-state index in [2.05, 4.69) is 4.99 Å². The van der Waals surface area contributed by atoms with Gasteiger partial charge in [0.25, 0.3) is 17.2 Å². The van der Waals surface area contributed by atoms with Crippen LogP contribution in [0.2, 0.25) is 0 Å². The molecule has 4 aromatic rings. The number of fused-ring (bicyclic) bond motifs is 2. The first kappa shape index (κ1) is 23.5. The predicted octanol–water partition coefficient (Wildman–Crippen LogP) is 3.59. The molecule has 10 heteroatoms. The topological polar surface area (TPSA) is 136 Å². The number of nitrogens with zero attached hydrogens (tertiary/aromatic N) is 6. The lowest BCUT2D eigenvalue weighted by atomic mass is 10.1. The number of hydrogen-bond donors (Lipinski definition) is 0. The molecule has 0 N–H and O–H groups in total. The van der Waals surface area contributed by atoms with Gasteiger partial charge in [-0.1, -0.05) is 25.5 Å². The molecule has 0 aliphatic heterocycles. The number of rotatable bonds is 5. The molecule has 0 spiro atoms. The fourth-order valence-corrected chi connectivity index (χ4v) is 4.03. The van der Waals surface area contributed by atoms with Crippen LogP contribution in [0.4, 0.5) is 5.69 Å². The van der Waals surface area contributed by atoms with Gasteiger partial charge in [0.15, 0.2) is 5.49 Å². The summed E-state index contributed by atoms with van der Waals surface area (Å²) in [6.45, 7) is 5.69. The highest BCUT2D eigenvalue weighted by molar-refractivity contribution is 5.97. The summed E-state index contributed by atoms with van der Waals surface area (Å²) in [4.78, 5) is 46.2. The summed E-state index contributed by atoms with van der Waals surface area (Å²) in [6, 6.07) is 11.2. The molecule has 0 saturated carbocycles. The van der Waals surface area contributed by atoms with Crippen molar-refractivity contribution in [1.82, 2.24) is 14.0 Å². The zero-order chi connectivity index (χ0) is 25.3. The number of pyridine rings is 2. The average Bonchev–Trinajstić information content (AvgIpc) is 2.83. The van der Waals surface area contributed by atoms with Gasteiger partial charge in [0, 0.05) is 24.4 Å². The fourth-order valence-electron chi connectivity index (χ4n) is 4.03. The van der Waals surface area contributed by atoms with Crippen molar-refractivity contribution in [2.24, 2.45) is 4.99 Å². The molecule has 1 amide bonds. The molecule has 3 aromatic heterocycles. The molecule has 0 aliphatic carbocycles. The van der Waals surface area contributed by atoms with Gasteiger partial charge in [-0.2, -0.15) is 10.3 Å². The highest BCUT2D eigenvalue weighted by Gasteiger charge is 2.20. The number of amides is 1. The number of aromatic nitrogens is 3. The zero-order valence-corrected chi connectivity index (χ0v) is 19.5. The third kappa shape index (κ3) is 4.08. The first-order chi connectivity index (χ1) is 16.8. The Morgan fingerprint density at radius 3 is 2.69 bits per heavy atom. The average molecular weight is 470 g/mol. The highest BCUT2D eigenvalue weighted by Crippen LogP contribution is 2.22. The molecule has 35 heavy (non-hydrogen) atoms. The summed E-state index contributed by atoms with van der Waals surface area (Å²) in [5.41, 5.74) is 1.40. The number of nitro benzene ring substituents is 1. The summed E-state index contributed by atoms with van der Waals surface area (Å²) in [6.07, 6.45) is 3.12. The van der Waals surface area contributed by atoms with Crippen molar-refractivity contribution < 1.29 is 9.72 Å². The normalized spacial score (nSPS) is 11.7. The van der Waals surface area contributed by atoms with Crippen LogP contribution < -0.4 is 11.0 Å². The lowest BCUT2D eigenvalue weighted by Gasteiger charge is -2.14. The molecule has 0 fully saturated rings. The largest absolute Gasteiger partial charge is 0.309 e. The van der Waals surface area contributed by atoms with Gasteiger partial charge >= 0.3 is 0 Å². The van der Waals surface area contributed by atoms with Crippen molar-refractivity contribution in [1.29, 1.82) is 5.26 Å². The standard InChI is InChI=1S/C25H22N6O4/c1-4-5-11-29-22(28-24(32)18-9-6-10-20(16(18)3)31(34)35)17(14-26)13-19-23(29)27-21-15(2)8-7-12-30(21)25(19)33/h6-10,12-13H,4-5,11H2,1-3H3. The molecule has 4 rings (SSSR count). The van der Waals surface area contributed by atoms with E-state index in [0.29, 0.717) is 24.3 Å². The molecule has 3 heterocycles. The van der Waals surface area contributed by atoms with Crippen LogP contribution in [0.25, 0.3) is 16.7 Å². The summed E-state index contributed by atoms with van der Waals surface area (Å²) < 4.78 is 3.05. The van der Waals surface area contributed by atoms with Gasteiger partial charge in [0.05, 0.1) is 21.4 Å². The number of hydrogen-bond acceptors (Lipinski definition) is 6. The van der Waals surface area contributed by atoms with Gasteiger partial charge in [-0.05, 0) is 44.0 Å². The molecule has 0 unspecified atom stereocenters. The van der Waals surface area contributed by atoms with Crippen LogP contribution in [0, 0.1) is 35.3 Å². The Hall–Kier alpha value is -4.65. The van der Waals surface area contributed by atoms with Crippen LogP contribution in [0.1, 0.15) is 46.8 Å². The molecule has 0 bridgehead atoms. The van der Waals surface area contributed by atoms with Crippen LogP contribution >= 0.6 is 0 Å². The quantitative estimate of drug-likeness (QED) is 0.248. The number of aryl methyl sites for hydroxylation is 2. The minimum atomic E-state index is -0.721. The molecule has 0 saturated heterocycles.